The summed E-state index contributed by atoms with van der Waals surface area (Å²) in [6.07, 6.45) is 4.24. The minimum absolute atomic E-state index is 0.00571. The van der Waals surface area contributed by atoms with Crippen molar-refractivity contribution in [2.75, 3.05) is 12.4 Å². The topological polar surface area (TPSA) is 58.2 Å². The minimum atomic E-state index is -3.49. The molecule has 4 nitrogen and oxygen atoms in total. The van der Waals surface area contributed by atoms with Crippen LogP contribution in [0.15, 0.2) is 29.2 Å². The highest BCUT2D eigenvalue weighted by Gasteiger charge is 2.35. The molecule has 0 aliphatic heterocycles. The largest absolute Gasteiger partial charge is 0.387 e. The van der Waals surface area contributed by atoms with Gasteiger partial charge < -0.3 is 5.32 Å². The van der Waals surface area contributed by atoms with E-state index in [0.717, 1.165) is 19.3 Å². The van der Waals surface area contributed by atoms with Gasteiger partial charge in [-0.3, -0.25) is 0 Å². The van der Waals surface area contributed by atoms with Crippen molar-refractivity contribution in [1.29, 1.82) is 0 Å². The molecule has 0 radical (unpaired) electrons. The van der Waals surface area contributed by atoms with Gasteiger partial charge in [-0.2, -0.15) is 0 Å². The van der Waals surface area contributed by atoms with Crippen molar-refractivity contribution in [3.8, 4) is 0 Å². The van der Waals surface area contributed by atoms with Gasteiger partial charge in [0.1, 0.15) is 4.90 Å². The monoisotopic (exact) mass is 296 g/mol. The van der Waals surface area contributed by atoms with Gasteiger partial charge in [0.25, 0.3) is 0 Å². The Bertz CT molecular complexity index is 567. The number of sulfonamides is 1. The summed E-state index contributed by atoms with van der Waals surface area (Å²) >= 11 is 0. The predicted molar refractivity (Wildman–Crippen MR) is 82.3 cm³/mol. The van der Waals surface area contributed by atoms with Crippen LogP contribution in [-0.4, -0.2) is 21.5 Å². The van der Waals surface area contributed by atoms with Crippen LogP contribution in [0.4, 0.5) is 5.69 Å². The van der Waals surface area contributed by atoms with Crippen molar-refractivity contribution in [3.63, 3.8) is 0 Å². The zero-order valence-electron chi connectivity index (χ0n) is 12.4. The highest BCUT2D eigenvalue weighted by atomic mass is 32.2. The molecule has 20 heavy (non-hydrogen) atoms. The SMILES string of the molecule is CNc1ccccc1S(=O)(=O)NC1CCCCC1(C)C. The first-order valence-corrected chi connectivity index (χ1v) is 8.64. The molecule has 1 aromatic rings. The first-order chi connectivity index (χ1) is 9.37. The molecule has 0 aromatic heterocycles. The molecule has 1 aliphatic carbocycles. The summed E-state index contributed by atoms with van der Waals surface area (Å²) in [4.78, 5) is 0.323. The van der Waals surface area contributed by atoms with Crippen molar-refractivity contribution in [2.24, 2.45) is 5.41 Å². The molecule has 1 atom stereocenters. The van der Waals surface area contributed by atoms with Gasteiger partial charge in [0.2, 0.25) is 10.0 Å². The normalized spacial score (nSPS) is 22.4. The lowest BCUT2D eigenvalue weighted by Crippen LogP contribution is -2.46. The summed E-state index contributed by atoms with van der Waals surface area (Å²) in [6, 6.07) is 7.01. The Hall–Kier alpha value is -1.07. The fourth-order valence-corrected chi connectivity index (χ4v) is 4.53. The van der Waals surface area contributed by atoms with Gasteiger partial charge in [-0.25, -0.2) is 13.1 Å². The van der Waals surface area contributed by atoms with Crippen molar-refractivity contribution in [3.05, 3.63) is 24.3 Å². The lowest BCUT2D eigenvalue weighted by Gasteiger charge is -2.38. The Kier molecular flexibility index (Phi) is 4.39. The van der Waals surface area contributed by atoms with Crippen LogP contribution in [0.5, 0.6) is 0 Å². The Morgan fingerprint density at radius 1 is 1.20 bits per heavy atom. The summed E-state index contributed by atoms with van der Waals surface area (Å²) in [6.45, 7) is 4.28. The molecule has 0 bridgehead atoms. The van der Waals surface area contributed by atoms with Crippen LogP contribution in [0.3, 0.4) is 0 Å². The van der Waals surface area contributed by atoms with E-state index >= 15 is 0 Å². The second kappa shape index (κ2) is 5.74. The number of nitrogens with one attached hydrogen (secondary N) is 2. The molecule has 1 unspecified atom stereocenters. The minimum Gasteiger partial charge on any atom is -0.387 e. The van der Waals surface area contributed by atoms with Crippen molar-refractivity contribution in [1.82, 2.24) is 4.72 Å². The molecule has 1 aliphatic rings. The quantitative estimate of drug-likeness (QED) is 0.898. The van der Waals surface area contributed by atoms with Gasteiger partial charge in [0.15, 0.2) is 0 Å². The first kappa shape index (κ1) is 15.3. The molecule has 5 heteroatoms. The van der Waals surface area contributed by atoms with E-state index in [-0.39, 0.29) is 11.5 Å². The summed E-state index contributed by atoms with van der Waals surface area (Å²) in [5, 5.41) is 2.94. The first-order valence-electron chi connectivity index (χ1n) is 7.16. The van der Waals surface area contributed by atoms with E-state index in [4.69, 9.17) is 0 Å². The molecule has 0 saturated heterocycles. The molecular formula is C15H24N2O2S. The van der Waals surface area contributed by atoms with E-state index in [2.05, 4.69) is 23.9 Å². The number of benzene rings is 1. The van der Waals surface area contributed by atoms with E-state index in [9.17, 15) is 8.42 Å². The van der Waals surface area contributed by atoms with Gasteiger partial charge in [0, 0.05) is 13.1 Å². The molecule has 1 saturated carbocycles. The number of rotatable bonds is 4. The highest BCUT2D eigenvalue weighted by molar-refractivity contribution is 7.89. The third kappa shape index (κ3) is 3.15. The maximum absolute atomic E-state index is 12.6. The Labute approximate surface area is 122 Å². The third-order valence-electron chi connectivity index (χ3n) is 4.25. The number of hydrogen-bond donors (Lipinski definition) is 2. The van der Waals surface area contributed by atoms with Crippen LogP contribution < -0.4 is 10.0 Å². The van der Waals surface area contributed by atoms with Gasteiger partial charge in [0.05, 0.1) is 5.69 Å². The summed E-state index contributed by atoms with van der Waals surface area (Å²) in [5.41, 5.74) is 0.647. The summed E-state index contributed by atoms with van der Waals surface area (Å²) in [5.74, 6) is 0. The van der Waals surface area contributed by atoms with Crippen LogP contribution in [0.2, 0.25) is 0 Å². The second-order valence-corrected chi connectivity index (χ2v) is 7.84. The standard InChI is InChI=1S/C15H24N2O2S/c1-15(2)11-7-6-10-14(15)17-20(18,19)13-9-5-4-8-12(13)16-3/h4-5,8-9,14,16-17H,6-7,10-11H2,1-3H3. The maximum atomic E-state index is 12.6. The number of para-hydroxylation sites is 1. The number of hydrogen-bond acceptors (Lipinski definition) is 3. The molecular weight excluding hydrogens is 272 g/mol. The smallest absolute Gasteiger partial charge is 0.242 e. The van der Waals surface area contributed by atoms with Crippen LogP contribution in [0.25, 0.3) is 0 Å². The van der Waals surface area contributed by atoms with E-state index in [1.165, 1.54) is 6.42 Å². The van der Waals surface area contributed by atoms with Gasteiger partial charge >= 0.3 is 0 Å². The molecule has 2 rings (SSSR count). The van der Waals surface area contributed by atoms with Crippen molar-refractivity contribution >= 4 is 15.7 Å². The fraction of sp³-hybridized carbons (Fsp3) is 0.600. The lowest BCUT2D eigenvalue weighted by molar-refractivity contribution is 0.188. The molecule has 1 aromatic carbocycles. The van der Waals surface area contributed by atoms with Crippen LogP contribution in [0.1, 0.15) is 39.5 Å². The maximum Gasteiger partial charge on any atom is 0.242 e. The Morgan fingerprint density at radius 2 is 1.90 bits per heavy atom. The average Bonchev–Trinajstić information content (AvgIpc) is 2.41. The van der Waals surface area contributed by atoms with E-state index < -0.39 is 10.0 Å². The Balaban J connectivity index is 2.27. The van der Waals surface area contributed by atoms with Crippen LogP contribution in [-0.2, 0) is 10.0 Å². The lowest BCUT2D eigenvalue weighted by atomic mass is 9.74. The third-order valence-corrected chi connectivity index (χ3v) is 5.78. The molecule has 1 fully saturated rings. The number of anilines is 1. The van der Waals surface area contributed by atoms with Crippen LogP contribution >= 0.6 is 0 Å². The zero-order chi connectivity index (χ0) is 14.8. The van der Waals surface area contributed by atoms with Crippen molar-refractivity contribution < 1.29 is 8.42 Å². The Morgan fingerprint density at radius 3 is 2.55 bits per heavy atom. The molecule has 0 spiro atoms. The molecule has 0 amide bonds. The van der Waals surface area contributed by atoms with E-state index in [1.54, 1.807) is 25.2 Å². The second-order valence-electron chi connectivity index (χ2n) is 6.15. The zero-order valence-corrected chi connectivity index (χ0v) is 13.3. The fourth-order valence-electron chi connectivity index (χ4n) is 2.87. The molecule has 0 heterocycles. The van der Waals surface area contributed by atoms with Gasteiger partial charge in [-0.05, 0) is 30.4 Å². The van der Waals surface area contributed by atoms with E-state index in [0.29, 0.717) is 10.6 Å². The van der Waals surface area contributed by atoms with E-state index in [1.807, 2.05) is 6.07 Å². The van der Waals surface area contributed by atoms with Gasteiger partial charge in [-0.1, -0.05) is 38.8 Å². The average molecular weight is 296 g/mol. The summed E-state index contributed by atoms with van der Waals surface area (Å²) in [7, 11) is -1.75. The molecule has 112 valence electrons. The predicted octanol–water partition coefficient (Wildman–Crippen LogP) is 2.98. The van der Waals surface area contributed by atoms with Crippen LogP contribution in [0, 0.1) is 5.41 Å². The summed E-state index contributed by atoms with van der Waals surface area (Å²) < 4.78 is 28.1. The van der Waals surface area contributed by atoms with Gasteiger partial charge in [-0.15, -0.1) is 0 Å². The highest BCUT2D eigenvalue weighted by Crippen LogP contribution is 2.36. The van der Waals surface area contributed by atoms with Crippen molar-refractivity contribution in [2.45, 2.75) is 50.5 Å². The molecule has 2 N–H and O–H groups in total.